The van der Waals surface area contributed by atoms with Crippen molar-refractivity contribution in [2.45, 2.75) is 25.8 Å². The minimum Gasteiger partial charge on any atom is -0.375 e. The van der Waals surface area contributed by atoms with E-state index in [9.17, 15) is 19.7 Å². The highest BCUT2D eigenvalue weighted by atomic mass is 35.5. The summed E-state index contributed by atoms with van der Waals surface area (Å²) in [7, 11) is 0. The molecule has 0 atom stereocenters. The van der Waals surface area contributed by atoms with Crippen LogP contribution in [0.3, 0.4) is 0 Å². The maximum atomic E-state index is 12.0. The van der Waals surface area contributed by atoms with E-state index in [1.54, 1.807) is 12.1 Å². The first-order valence-electron chi connectivity index (χ1n) is 8.09. The summed E-state index contributed by atoms with van der Waals surface area (Å²) >= 11 is 6.10. The lowest BCUT2D eigenvalue weighted by molar-refractivity contribution is -0.383. The predicted octanol–water partition coefficient (Wildman–Crippen LogP) is 3.90. The summed E-state index contributed by atoms with van der Waals surface area (Å²) in [5.74, 6) is -0.681. The molecule has 0 aromatic heterocycles. The van der Waals surface area contributed by atoms with E-state index in [0.717, 1.165) is 10.5 Å². The molecule has 3 rings (SSSR count). The highest BCUT2D eigenvalue weighted by Crippen LogP contribution is 2.32. The number of nitro groups is 1. The van der Waals surface area contributed by atoms with Crippen LogP contribution in [-0.2, 0) is 16.1 Å². The number of halogens is 1. The van der Waals surface area contributed by atoms with Gasteiger partial charge in [-0.3, -0.25) is 24.6 Å². The Labute approximate surface area is 154 Å². The van der Waals surface area contributed by atoms with Crippen molar-refractivity contribution in [2.75, 3.05) is 10.2 Å². The molecular weight excluding hydrogens is 358 g/mol. The standard InChI is InChI=1S/C18H16ClN3O4/c19-14-5-2-1-4-12(14)11-20-15-9-8-13(10-16(15)22(25)26)21-17(23)6-3-7-18(21)24/h1-2,4-5,8-10,20H,3,6-7,11H2. The van der Waals surface area contributed by atoms with Gasteiger partial charge in [0, 0.05) is 30.5 Å². The zero-order valence-corrected chi connectivity index (χ0v) is 14.5. The van der Waals surface area contributed by atoms with E-state index in [1.807, 2.05) is 12.1 Å². The van der Waals surface area contributed by atoms with Gasteiger partial charge >= 0.3 is 0 Å². The van der Waals surface area contributed by atoms with Gasteiger partial charge in [-0.15, -0.1) is 0 Å². The van der Waals surface area contributed by atoms with Gasteiger partial charge < -0.3 is 5.32 Å². The van der Waals surface area contributed by atoms with Gasteiger partial charge in [-0.25, -0.2) is 0 Å². The molecule has 1 N–H and O–H groups in total. The van der Waals surface area contributed by atoms with E-state index < -0.39 is 4.92 Å². The van der Waals surface area contributed by atoms with Gasteiger partial charge in [0.05, 0.1) is 10.6 Å². The number of hydrogen-bond donors (Lipinski definition) is 1. The molecule has 2 amide bonds. The summed E-state index contributed by atoms with van der Waals surface area (Å²) < 4.78 is 0. The Morgan fingerprint density at radius 2 is 1.81 bits per heavy atom. The Kier molecular flexibility index (Phi) is 5.18. The molecule has 0 saturated carbocycles. The molecule has 1 heterocycles. The van der Waals surface area contributed by atoms with E-state index in [1.165, 1.54) is 18.2 Å². The second kappa shape index (κ2) is 7.53. The van der Waals surface area contributed by atoms with E-state index in [-0.39, 0.29) is 41.7 Å². The van der Waals surface area contributed by atoms with Gasteiger partial charge in [0.2, 0.25) is 11.8 Å². The molecular formula is C18H16ClN3O4. The van der Waals surface area contributed by atoms with Crippen LogP contribution >= 0.6 is 11.6 Å². The highest BCUT2D eigenvalue weighted by Gasteiger charge is 2.29. The number of carbonyl (C=O) groups is 2. The van der Waals surface area contributed by atoms with Crippen molar-refractivity contribution in [3.63, 3.8) is 0 Å². The third-order valence-electron chi connectivity index (χ3n) is 4.14. The number of benzene rings is 2. The fraction of sp³-hybridized carbons (Fsp3) is 0.222. The number of piperidine rings is 1. The predicted molar refractivity (Wildman–Crippen MR) is 98.2 cm³/mol. The van der Waals surface area contributed by atoms with Crippen LogP contribution in [0.25, 0.3) is 0 Å². The SMILES string of the molecule is O=C1CCCC(=O)N1c1ccc(NCc2ccccc2Cl)c([N+](=O)[O-])c1. The molecule has 1 aliphatic heterocycles. The zero-order chi connectivity index (χ0) is 18.7. The largest absolute Gasteiger partial charge is 0.375 e. The molecule has 0 radical (unpaired) electrons. The number of carbonyl (C=O) groups excluding carboxylic acids is 2. The quantitative estimate of drug-likeness (QED) is 0.487. The number of nitro benzene ring substituents is 1. The van der Waals surface area contributed by atoms with Crippen molar-refractivity contribution in [3.05, 3.63) is 63.2 Å². The number of hydrogen-bond acceptors (Lipinski definition) is 5. The lowest BCUT2D eigenvalue weighted by atomic mass is 10.1. The summed E-state index contributed by atoms with van der Waals surface area (Å²) in [6.07, 6.45) is 1.02. The summed E-state index contributed by atoms with van der Waals surface area (Å²) in [6.45, 7) is 0.307. The number of amides is 2. The second-order valence-electron chi connectivity index (χ2n) is 5.88. The number of rotatable bonds is 5. The van der Waals surface area contributed by atoms with E-state index in [4.69, 9.17) is 11.6 Å². The smallest absolute Gasteiger partial charge is 0.294 e. The fourth-order valence-corrected chi connectivity index (χ4v) is 3.04. The summed E-state index contributed by atoms with van der Waals surface area (Å²) in [6, 6.07) is 11.5. The van der Waals surface area contributed by atoms with Crippen LogP contribution in [-0.4, -0.2) is 16.7 Å². The van der Waals surface area contributed by atoms with Crippen LogP contribution < -0.4 is 10.2 Å². The lowest BCUT2D eigenvalue weighted by Crippen LogP contribution is -2.40. The third-order valence-corrected chi connectivity index (χ3v) is 4.51. The van der Waals surface area contributed by atoms with Crippen molar-refractivity contribution in [3.8, 4) is 0 Å². The number of nitrogens with zero attached hydrogens (tertiary/aromatic N) is 2. The molecule has 0 unspecified atom stereocenters. The Morgan fingerprint density at radius 1 is 1.12 bits per heavy atom. The van der Waals surface area contributed by atoms with Gasteiger partial charge in [0.1, 0.15) is 5.69 Å². The van der Waals surface area contributed by atoms with Crippen molar-refractivity contribution in [2.24, 2.45) is 0 Å². The molecule has 2 aromatic carbocycles. The average Bonchev–Trinajstić information content (AvgIpc) is 2.61. The normalized spacial score (nSPS) is 14.4. The molecule has 8 heteroatoms. The van der Waals surface area contributed by atoms with Crippen molar-refractivity contribution in [1.29, 1.82) is 0 Å². The van der Waals surface area contributed by atoms with Crippen LogP contribution in [0.1, 0.15) is 24.8 Å². The minimum absolute atomic E-state index is 0.208. The van der Waals surface area contributed by atoms with Gasteiger partial charge in [-0.2, -0.15) is 0 Å². The minimum atomic E-state index is -0.544. The van der Waals surface area contributed by atoms with Crippen LogP contribution in [0, 0.1) is 10.1 Å². The summed E-state index contributed by atoms with van der Waals surface area (Å²) in [4.78, 5) is 36.0. The molecule has 134 valence electrons. The first kappa shape index (κ1) is 17.9. The summed E-state index contributed by atoms with van der Waals surface area (Å²) in [5.41, 5.74) is 1.10. The van der Waals surface area contributed by atoms with Crippen LogP contribution in [0.2, 0.25) is 5.02 Å². The van der Waals surface area contributed by atoms with E-state index in [2.05, 4.69) is 5.32 Å². The van der Waals surface area contributed by atoms with E-state index >= 15 is 0 Å². The van der Waals surface area contributed by atoms with Gasteiger partial charge in [-0.05, 0) is 30.2 Å². The molecule has 1 aliphatic rings. The average molecular weight is 374 g/mol. The van der Waals surface area contributed by atoms with Crippen LogP contribution in [0.4, 0.5) is 17.1 Å². The van der Waals surface area contributed by atoms with Crippen molar-refractivity contribution >= 4 is 40.5 Å². The van der Waals surface area contributed by atoms with Crippen LogP contribution in [0.15, 0.2) is 42.5 Å². The van der Waals surface area contributed by atoms with Gasteiger partial charge in [0.25, 0.3) is 5.69 Å². The van der Waals surface area contributed by atoms with Crippen LogP contribution in [0.5, 0.6) is 0 Å². The van der Waals surface area contributed by atoms with E-state index in [0.29, 0.717) is 18.0 Å². The molecule has 0 spiro atoms. The number of imide groups is 1. The number of nitrogens with one attached hydrogen (secondary N) is 1. The molecule has 26 heavy (non-hydrogen) atoms. The highest BCUT2D eigenvalue weighted by molar-refractivity contribution is 6.31. The fourth-order valence-electron chi connectivity index (χ4n) is 2.83. The zero-order valence-electron chi connectivity index (χ0n) is 13.8. The second-order valence-corrected chi connectivity index (χ2v) is 6.29. The molecule has 2 aromatic rings. The Bertz CT molecular complexity index is 868. The molecule has 1 fully saturated rings. The van der Waals surface area contributed by atoms with Crippen molar-refractivity contribution < 1.29 is 14.5 Å². The van der Waals surface area contributed by atoms with Gasteiger partial charge in [-0.1, -0.05) is 29.8 Å². The molecule has 0 aliphatic carbocycles. The van der Waals surface area contributed by atoms with Crippen molar-refractivity contribution in [1.82, 2.24) is 0 Å². The molecule has 1 saturated heterocycles. The first-order valence-corrected chi connectivity index (χ1v) is 8.46. The maximum Gasteiger partial charge on any atom is 0.294 e. The molecule has 0 bridgehead atoms. The monoisotopic (exact) mass is 373 g/mol. The third kappa shape index (κ3) is 3.67. The summed E-state index contributed by atoms with van der Waals surface area (Å²) in [5, 5.41) is 15.0. The number of anilines is 2. The topological polar surface area (TPSA) is 92.6 Å². The van der Waals surface area contributed by atoms with Gasteiger partial charge in [0.15, 0.2) is 0 Å². The maximum absolute atomic E-state index is 12.0. The Morgan fingerprint density at radius 3 is 2.46 bits per heavy atom. The molecule has 7 nitrogen and oxygen atoms in total. The Balaban J connectivity index is 1.87. The lowest BCUT2D eigenvalue weighted by Gasteiger charge is -2.25. The first-order chi connectivity index (χ1) is 12.5. The Hall–Kier alpha value is -2.93.